The van der Waals surface area contributed by atoms with Crippen LogP contribution in [0.5, 0.6) is 0 Å². The molecule has 0 aromatic carbocycles. The molecule has 0 aliphatic heterocycles. The number of aromatic nitrogens is 2. The summed E-state index contributed by atoms with van der Waals surface area (Å²) in [6, 6.07) is 0. The van der Waals surface area contributed by atoms with Crippen LogP contribution in [0.25, 0.3) is 0 Å². The molecule has 1 fully saturated rings. The summed E-state index contributed by atoms with van der Waals surface area (Å²) in [4.78, 5) is 8.80. The van der Waals surface area contributed by atoms with Gasteiger partial charge < -0.3 is 10.6 Å². The lowest BCUT2D eigenvalue weighted by atomic mass is 9.83. The third kappa shape index (κ3) is 3.22. The van der Waals surface area contributed by atoms with E-state index in [0.29, 0.717) is 5.41 Å². The summed E-state index contributed by atoms with van der Waals surface area (Å²) >= 11 is 0. The van der Waals surface area contributed by atoms with Crippen LogP contribution in [0, 0.1) is 5.41 Å². The van der Waals surface area contributed by atoms with Gasteiger partial charge in [-0.3, -0.25) is 0 Å². The number of hydrogen-bond donors (Lipinski definition) is 2. The lowest BCUT2D eigenvalue weighted by molar-refractivity contribution is 0.306. The van der Waals surface area contributed by atoms with E-state index < -0.39 is 0 Å². The van der Waals surface area contributed by atoms with E-state index in [4.69, 9.17) is 0 Å². The molecule has 0 radical (unpaired) electrons. The fourth-order valence-electron chi connectivity index (χ4n) is 3.32. The minimum Gasteiger partial charge on any atom is -0.373 e. The van der Waals surface area contributed by atoms with E-state index in [1.54, 1.807) is 6.33 Å². The molecule has 0 unspecified atom stereocenters. The number of nitrogens with one attached hydrogen (secondary N) is 2. The summed E-state index contributed by atoms with van der Waals surface area (Å²) < 4.78 is 0. The summed E-state index contributed by atoms with van der Waals surface area (Å²) in [5.41, 5.74) is 1.70. The summed E-state index contributed by atoms with van der Waals surface area (Å²) in [5, 5.41) is 6.80. The van der Waals surface area contributed by atoms with Gasteiger partial charge in [-0.05, 0) is 31.1 Å². The lowest BCUT2D eigenvalue weighted by Crippen LogP contribution is -2.26. The monoisotopic (exact) mass is 276 g/mol. The average molecular weight is 276 g/mol. The second-order valence-corrected chi connectivity index (χ2v) is 5.96. The zero-order valence-corrected chi connectivity index (χ0v) is 13.1. The topological polar surface area (TPSA) is 49.8 Å². The van der Waals surface area contributed by atoms with Crippen molar-refractivity contribution in [1.29, 1.82) is 0 Å². The molecule has 20 heavy (non-hydrogen) atoms. The van der Waals surface area contributed by atoms with Gasteiger partial charge in [0.25, 0.3) is 0 Å². The normalized spacial score (nSPS) is 17.1. The molecule has 0 saturated heterocycles. The van der Waals surface area contributed by atoms with Crippen molar-refractivity contribution < 1.29 is 0 Å². The van der Waals surface area contributed by atoms with Crippen LogP contribution < -0.4 is 10.6 Å². The maximum absolute atomic E-state index is 4.47. The maximum Gasteiger partial charge on any atom is 0.134 e. The molecule has 1 heterocycles. The Hall–Kier alpha value is -1.32. The van der Waals surface area contributed by atoms with E-state index in [9.17, 15) is 0 Å². The Morgan fingerprint density at radius 2 is 1.85 bits per heavy atom. The van der Waals surface area contributed by atoms with Gasteiger partial charge in [0.05, 0.1) is 0 Å². The van der Waals surface area contributed by atoms with E-state index in [1.807, 2.05) is 7.05 Å². The molecule has 0 spiro atoms. The Morgan fingerprint density at radius 3 is 2.45 bits per heavy atom. The molecular formula is C16H28N4. The van der Waals surface area contributed by atoms with Crippen LogP contribution in [0.4, 0.5) is 11.6 Å². The smallest absolute Gasteiger partial charge is 0.134 e. The first-order chi connectivity index (χ1) is 9.74. The lowest BCUT2D eigenvalue weighted by Gasteiger charge is -2.28. The summed E-state index contributed by atoms with van der Waals surface area (Å²) in [5.74, 6) is 1.98. The van der Waals surface area contributed by atoms with Gasteiger partial charge in [0, 0.05) is 19.2 Å². The largest absolute Gasteiger partial charge is 0.373 e. The van der Waals surface area contributed by atoms with E-state index in [-0.39, 0.29) is 0 Å². The fraction of sp³-hybridized carbons (Fsp3) is 0.750. The molecular weight excluding hydrogens is 248 g/mol. The first-order valence-electron chi connectivity index (χ1n) is 8.00. The van der Waals surface area contributed by atoms with Crippen molar-refractivity contribution in [3.8, 4) is 0 Å². The Kier molecular flexibility index (Phi) is 5.21. The zero-order chi connectivity index (χ0) is 14.4. The molecule has 1 aliphatic carbocycles. The fourth-order valence-corrected chi connectivity index (χ4v) is 3.32. The number of nitrogens with zero attached hydrogens (tertiary/aromatic N) is 2. The molecule has 1 aromatic heterocycles. The first kappa shape index (κ1) is 15.1. The van der Waals surface area contributed by atoms with Crippen LogP contribution in [0.2, 0.25) is 0 Å². The first-order valence-corrected chi connectivity index (χ1v) is 8.00. The van der Waals surface area contributed by atoms with Gasteiger partial charge >= 0.3 is 0 Å². The average Bonchev–Trinajstić information content (AvgIpc) is 2.96. The van der Waals surface area contributed by atoms with Gasteiger partial charge in [-0.15, -0.1) is 0 Å². The summed E-state index contributed by atoms with van der Waals surface area (Å²) in [7, 11) is 1.93. The van der Waals surface area contributed by atoms with Gasteiger partial charge in [-0.1, -0.05) is 33.1 Å². The Balaban J connectivity index is 2.12. The van der Waals surface area contributed by atoms with Crippen molar-refractivity contribution in [3.05, 3.63) is 11.9 Å². The SMILES string of the molecule is CCCc1c(NC)ncnc1NCC1(CC)CCCC1. The molecule has 0 atom stereocenters. The van der Waals surface area contributed by atoms with Crippen LogP contribution in [0.3, 0.4) is 0 Å². The van der Waals surface area contributed by atoms with E-state index in [1.165, 1.54) is 37.7 Å². The molecule has 1 aromatic rings. The van der Waals surface area contributed by atoms with Gasteiger partial charge in [-0.2, -0.15) is 0 Å². The van der Waals surface area contributed by atoms with Gasteiger partial charge in [-0.25, -0.2) is 9.97 Å². The molecule has 2 rings (SSSR count). The molecule has 1 saturated carbocycles. The second-order valence-electron chi connectivity index (χ2n) is 5.96. The van der Waals surface area contributed by atoms with Crippen LogP contribution in [0.1, 0.15) is 57.9 Å². The minimum absolute atomic E-state index is 0.480. The van der Waals surface area contributed by atoms with Crippen LogP contribution in [0.15, 0.2) is 6.33 Å². The standard InChI is InChI=1S/C16H28N4/c1-4-8-13-14(17-3)19-12-20-15(13)18-11-16(5-2)9-6-7-10-16/h12H,4-11H2,1-3H3,(H2,17,18,19,20). The van der Waals surface area contributed by atoms with Crippen molar-refractivity contribution in [3.63, 3.8) is 0 Å². The van der Waals surface area contributed by atoms with Gasteiger partial charge in [0.1, 0.15) is 18.0 Å². The number of anilines is 2. The highest BCUT2D eigenvalue weighted by Crippen LogP contribution is 2.41. The number of hydrogen-bond acceptors (Lipinski definition) is 4. The highest BCUT2D eigenvalue weighted by molar-refractivity contribution is 5.57. The third-order valence-corrected chi connectivity index (χ3v) is 4.73. The minimum atomic E-state index is 0.480. The van der Waals surface area contributed by atoms with Crippen molar-refractivity contribution in [2.45, 2.75) is 58.8 Å². The molecule has 2 N–H and O–H groups in total. The molecule has 112 valence electrons. The molecule has 0 bridgehead atoms. The van der Waals surface area contributed by atoms with Crippen molar-refractivity contribution in [2.24, 2.45) is 5.41 Å². The second kappa shape index (κ2) is 6.91. The van der Waals surface area contributed by atoms with Crippen LogP contribution in [-0.2, 0) is 6.42 Å². The van der Waals surface area contributed by atoms with Crippen molar-refractivity contribution in [2.75, 3.05) is 24.2 Å². The van der Waals surface area contributed by atoms with Gasteiger partial charge in [0.2, 0.25) is 0 Å². The van der Waals surface area contributed by atoms with Crippen LogP contribution in [-0.4, -0.2) is 23.6 Å². The molecule has 1 aliphatic rings. The number of rotatable bonds is 7. The third-order valence-electron chi connectivity index (χ3n) is 4.73. The van der Waals surface area contributed by atoms with Gasteiger partial charge in [0.15, 0.2) is 0 Å². The zero-order valence-electron chi connectivity index (χ0n) is 13.1. The Bertz CT molecular complexity index is 424. The molecule has 0 amide bonds. The highest BCUT2D eigenvalue weighted by Gasteiger charge is 2.31. The Morgan fingerprint density at radius 1 is 1.15 bits per heavy atom. The van der Waals surface area contributed by atoms with Crippen molar-refractivity contribution in [1.82, 2.24) is 9.97 Å². The highest BCUT2D eigenvalue weighted by atomic mass is 15.1. The van der Waals surface area contributed by atoms with E-state index in [0.717, 1.165) is 31.0 Å². The maximum atomic E-state index is 4.47. The van der Waals surface area contributed by atoms with E-state index in [2.05, 4.69) is 34.4 Å². The quantitative estimate of drug-likeness (QED) is 0.794. The molecule has 4 heteroatoms. The summed E-state index contributed by atoms with van der Waals surface area (Å²) in [6.07, 6.45) is 10.5. The predicted molar refractivity (Wildman–Crippen MR) is 85.3 cm³/mol. The predicted octanol–water partition coefficient (Wildman–Crippen LogP) is 3.85. The molecule has 4 nitrogen and oxygen atoms in total. The Labute approximate surface area is 122 Å². The van der Waals surface area contributed by atoms with E-state index >= 15 is 0 Å². The van der Waals surface area contributed by atoms with Crippen molar-refractivity contribution >= 4 is 11.6 Å². The summed E-state index contributed by atoms with van der Waals surface area (Å²) in [6.45, 7) is 5.56. The van der Waals surface area contributed by atoms with Crippen LogP contribution >= 0.6 is 0 Å².